The van der Waals surface area contributed by atoms with Gasteiger partial charge >= 0.3 is 0 Å². The maximum atomic E-state index is 2.72. The summed E-state index contributed by atoms with van der Waals surface area (Å²) in [4.78, 5) is 2.72. The number of nitrogens with zero attached hydrogens (tertiary/aromatic N) is 1. The van der Waals surface area contributed by atoms with Crippen LogP contribution in [0, 0.1) is 5.92 Å². The average molecular weight is 153 g/mol. The normalized spacial score (nSPS) is 45.5. The number of rotatable bonds is 2. The molecule has 2 rings (SSSR count). The smallest absolute Gasteiger partial charge is 0.0216 e. The van der Waals surface area contributed by atoms with Crippen molar-refractivity contribution in [1.29, 1.82) is 0 Å². The zero-order valence-corrected chi connectivity index (χ0v) is 7.93. The van der Waals surface area contributed by atoms with Gasteiger partial charge in [0.2, 0.25) is 0 Å². The van der Waals surface area contributed by atoms with E-state index in [9.17, 15) is 0 Å². The van der Waals surface area contributed by atoms with Gasteiger partial charge in [0, 0.05) is 11.6 Å². The highest BCUT2D eigenvalue weighted by atomic mass is 15.3. The van der Waals surface area contributed by atoms with Crippen molar-refractivity contribution in [2.24, 2.45) is 5.92 Å². The summed E-state index contributed by atoms with van der Waals surface area (Å²) in [6.45, 7) is 8.46. The topological polar surface area (TPSA) is 3.24 Å². The predicted octanol–water partition coefficient (Wildman–Crippen LogP) is 2.27. The molecule has 1 saturated carbocycles. The van der Waals surface area contributed by atoms with E-state index in [2.05, 4.69) is 25.7 Å². The first-order valence-electron chi connectivity index (χ1n) is 4.95. The van der Waals surface area contributed by atoms with Crippen molar-refractivity contribution in [3.8, 4) is 0 Å². The minimum absolute atomic E-state index is 0.634. The lowest BCUT2D eigenvalue weighted by Gasteiger charge is -2.30. The molecule has 1 nitrogen and oxygen atoms in total. The summed E-state index contributed by atoms with van der Waals surface area (Å²) in [7, 11) is 0. The summed E-state index contributed by atoms with van der Waals surface area (Å²) in [5, 5.41) is 0. The van der Waals surface area contributed by atoms with Crippen molar-refractivity contribution in [3.63, 3.8) is 0 Å². The lowest BCUT2D eigenvalue weighted by atomic mass is 10.1. The van der Waals surface area contributed by atoms with Gasteiger partial charge in [-0.15, -0.1) is 0 Å². The van der Waals surface area contributed by atoms with E-state index in [1.807, 2.05) is 0 Å². The Kier molecular flexibility index (Phi) is 1.54. The van der Waals surface area contributed by atoms with Gasteiger partial charge in [-0.1, -0.05) is 6.92 Å². The summed E-state index contributed by atoms with van der Waals surface area (Å²) in [6, 6.07) is 0.812. The highest BCUT2D eigenvalue weighted by Gasteiger charge is 2.58. The van der Waals surface area contributed by atoms with Gasteiger partial charge < -0.3 is 0 Å². The molecule has 0 aromatic rings. The highest BCUT2D eigenvalue weighted by molar-refractivity contribution is 5.13. The third kappa shape index (κ3) is 0.936. The van der Waals surface area contributed by atoms with Crippen molar-refractivity contribution < 1.29 is 0 Å². The summed E-state index contributed by atoms with van der Waals surface area (Å²) in [5.41, 5.74) is 0.634. The van der Waals surface area contributed by atoms with Crippen LogP contribution < -0.4 is 0 Å². The van der Waals surface area contributed by atoms with Crippen molar-refractivity contribution in [3.05, 3.63) is 0 Å². The fraction of sp³-hybridized carbons (Fsp3) is 1.00. The molecule has 0 radical (unpaired) electrons. The van der Waals surface area contributed by atoms with Crippen LogP contribution in [0.2, 0.25) is 0 Å². The van der Waals surface area contributed by atoms with E-state index in [4.69, 9.17) is 0 Å². The molecule has 1 aliphatic heterocycles. The van der Waals surface area contributed by atoms with Crippen molar-refractivity contribution in [2.45, 2.75) is 51.6 Å². The highest BCUT2D eigenvalue weighted by Crippen LogP contribution is 2.56. The first-order chi connectivity index (χ1) is 5.18. The van der Waals surface area contributed by atoms with Crippen LogP contribution in [0.1, 0.15) is 40.0 Å². The Balaban J connectivity index is 2.04. The second-order valence-corrected chi connectivity index (χ2v) is 4.50. The SMILES string of the molecule is CCC(C)N1CCC2CC21C. The molecule has 2 aliphatic rings. The van der Waals surface area contributed by atoms with E-state index in [0.717, 1.165) is 12.0 Å². The lowest BCUT2D eigenvalue weighted by molar-refractivity contribution is 0.162. The van der Waals surface area contributed by atoms with Crippen LogP contribution >= 0.6 is 0 Å². The van der Waals surface area contributed by atoms with Crippen molar-refractivity contribution >= 4 is 0 Å². The quantitative estimate of drug-likeness (QED) is 0.588. The second-order valence-electron chi connectivity index (χ2n) is 4.50. The number of hydrogen-bond donors (Lipinski definition) is 0. The van der Waals surface area contributed by atoms with Gasteiger partial charge in [0.25, 0.3) is 0 Å². The molecule has 1 aliphatic carbocycles. The van der Waals surface area contributed by atoms with Crippen LogP contribution in [0.4, 0.5) is 0 Å². The minimum Gasteiger partial charge on any atom is -0.295 e. The average Bonchev–Trinajstić information content (AvgIpc) is 2.54. The summed E-state index contributed by atoms with van der Waals surface area (Å²) < 4.78 is 0. The number of piperidine rings is 1. The van der Waals surface area contributed by atoms with Gasteiger partial charge in [0.15, 0.2) is 0 Å². The Labute approximate surface area is 69.8 Å². The molecule has 2 fully saturated rings. The third-order valence-electron chi connectivity index (χ3n) is 3.88. The monoisotopic (exact) mass is 153 g/mol. The largest absolute Gasteiger partial charge is 0.295 e. The maximum Gasteiger partial charge on any atom is 0.0216 e. The molecule has 0 bridgehead atoms. The zero-order chi connectivity index (χ0) is 8.06. The molecule has 0 aromatic carbocycles. The number of fused-ring (bicyclic) bond motifs is 1. The van der Waals surface area contributed by atoms with E-state index >= 15 is 0 Å². The van der Waals surface area contributed by atoms with Crippen LogP contribution in [-0.2, 0) is 0 Å². The molecule has 3 unspecified atom stereocenters. The Morgan fingerprint density at radius 2 is 2.36 bits per heavy atom. The van der Waals surface area contributed by atoms with Gasteiger partial charge in [-0.3, -0.25) is 4.90 Å². The van der Waals surface area contributed by atoms with Crippen LogP contribution in [0.15, 0.2) is 0 Å². The van der Waals surface area contributed by atoms with E-state index in [0.29, 0.717) is 5.54 Å². The fourth-order valence-electron chi connectivity index (χ4n) is 2.70. The van der Waals surface area contributed by atoms with Crippen molar-refractivity contribution in [2.75, 3.05) is 6.54 Å². The van der Waals surface area contributed by atoms with Crippen LogP contribution in [0.5, 0.6) is 0 Å². The second kappa shape index (κ2) is 2.22. The molecule has 1 saturated heterocycles. The number of likely N-dealkylation sites (tertiary alicyclic amines) is 1. The van der Waals surface area contributed by atoms with E-state index in [1.54, 1.807) is 0 Å². The van der Waals surface area contributed by atoms with Crippen LogP contribution in [0.25, 0.3) is 0 Å². The molecule has 0 spiro atoms. The molecular weight excluding hydrogens is 134 g/mol. The van der Waals surface area contributed by atoms with Gasteiger partial charge in [-0.25, -0.2) is 0 Å². The Hall–Kier alpha value is -0.0400. The van der Waals surface area contributed by atoms with E-state index < -0.39 is 0 Å². The van der Waals surface area contributed by atoms with Crippen LogP contribution in [-0.4, -0.2) is 23.0 Å². The van der Waals surface area contributed by atoms with Gasteiger partial charge in [-0.2, -0.15) is 0 Å². The lowest BCUT2D eigenvalue weighted by Crippen LogP contribution is -2.39. The molecule has 0 aromatic heterocycles. The van der Waals surface area contributed by atoms with E-state index in [-0.39, 0.29) is 0 Å². The van der Waals surface area contributed by atoms with Gasteiger partial charge in [0.05, 0.1) is 0 Å². The maximum absolute atomic E-state index is 2.72. The summed E-state index contributed by atoms with van der Waals surface area (Å²) in [6.07, 6.45) is 4.24. The molecular formula is C10H19N. The number of hydrogen-bond acceptors (Lipinski definition) is 1. The predicted molar refractivity (Wildman–Crippen MR) is 47.6 cm³/mol. The fourth-order valence-corrected chi connectivity index (χ4v) is 2.70. The Bertz CT molecular complexity index is 164. The first-order valence-corrected chi connectivity index (χ1v) is 4.95. The zero-order valence-electron chi connectivity index (χ0n) is 7.93. The molecule has 3 atom stereocenters. The third-order valence-corrected chi connectivity index (χ3v) is 3.88. The molecule has 1 heterocycles. The van der Waals surface area contributed by atoms with Crippen molar-refractivity contribution in [1.82, 2.24) is 4.90 Å². The molecule has 0 amide bonds. The molecule has 11 heavy (non-hydrogen) atoms. The molecule has 1 heteroatoms. The first kappa shape index (κ1) is 7.60. The van der Waals surface area contributed by atoms with Crippen LogP contribution in [0.3, 0.4) is 0 Å². The van der Waals surface area contributed by atoms with E-state index in [1.165, 1.54) is 25.8 Å². The molecule has 0 N–H and O–H groups in total. The standard InChI is InChI=1S/C10H19N/c1-4-8(2)11-6-5-9-7-10(9,11)3/h8-9H,4-7H2,1-3H3. The summed E-state index contributed by atoms with van der Waals surface area (Å²) >= 11 is 0. The Morgan fingerprint density at radius 3 is 2.73 bits per heavy atom. The summed E-state index contributed by atoms with van der Waals surface area (Å²) in [5.74, 6) is 1.05. The van der Waals surface area contributed by atoms with Gasteiger partial charge in [-0.05, 0) is 45.6 Å². The molecule has 64 valence electrons. The van der Waals surface area contributed by atoms with Gasteiger partial charge in [0.1, 0.15) is 0 Å². The Morgan fingerprint density at radius 1 is 1.64 bits per heavy atom. The minimum atomic E-state index is 0.634.